The zero-order valence-electron chi connectivity index (χ0n) is 10.3. The normalized spacial score (nSPS) is 12.5. The number of carboxylic acid groups (broad SMARTS) is 1. The molecule has 0 aliphatic carbocycles. The molecule has 5 heteroatoms. The van der Waals surface area contributed by atoms with Crippen LogP contribution in [0.5, 0.6) is 0 Å². The maximum absolute atomic E-state index is 11.1. The molecule has 1 aromatic rings. The van der Waals surface area contributed by atoms with Crippen LogP contribution in [-0.2, 0) is 0 Å². The SMILES string of the molecule is CC(CSc1ccccc1)N(C(=O)O)N(C)C. The van der Waals surface area contributed by atoms with Gasteiger partial charge in [0.25, 0.3) is 0 Å². The fraction of sp³-hybridized carbons (Fsp3) is 0.417. The molecule has 0 radical (unpaired) electrons. The summed E-state index contributed by atoms with van der Waals surface area (Å²) in [5.74, 6) is 0.731. The molecule has 4 nitrogen and oxygen atoms in total. The van der Waals surface area contributed by atoms with Crippen LogP contribution in [0.3, 0.4) is 0 Å². The summed E-state index contributed by atoms with van der Waals surface area (Å²) >= 11 is 1.66. The summed E-state index contributed by atoms with van der Waals surface area (Å²) in [4.78, 5) is 12.2. The lowest BCUT2D eigenvalue weighted by Gasteiger charge is -2.31. The monoisotopic (exact) mass is 254 g/mol. The Kier molecular flexibility index (Phi) is 5.31. The molecule has 0 bridgehead atoms. The minimum absolute atomic E-state index is 0.0623. The quantitative estimate of drug-likeness (QED) is 0.648. The van der Waals surface area contributed by atoms with Gasteiger partial charge >= 0.3 is 6.09 Å². The van der Waals surface area contributed by atoms with Gasteiger partial charge < -0.3 is 5.11 Å². The maximum atomic E-state index is 11.1. The number of rotatable bonds is 5. The summed E-state index contributed by atoms with van der Waals surface area (Å²) in [6, 6.07) is 9.92. The van der Waals surface area contributed by atoms with Crippen LogP contribution in [0.15, 0.2) is 35.2 Å². The van der Waals surface area contributed by atoms with Crippen molar-refractivity contribution in [1.82, 2.24) is 10.0 Å². The molecule has 1 rings (SSSR count). The Hall–Kier alpha value is -1.20. The second-order valence-corrected chi connectivity index (χ2v) is 5.04. The third-order valence-electron chi connectivity index (χ3n) is 2.28. The van der Waals surface area contributed by atoms with Gasteiger partial charge in [-0.2, -0.15) is 0 Å². The third-order valence-corrected chi connectivity index (χ3v) is 3.53. The summed E-state index contributed by atoms with van der Waals surface area (Å²) < 4.78 is 0. The summed E-state index contributed by atoms with van der Waals surface area (Å²) in [7, 11) is 3.47. The molecule has 94 valence electrons. The first-order valence-corrected chi connectivity index (χ1v) is 6.38. The lowest BCUT2D eigenvalue weighted by Crippen LogP contribution is -2.47. The summed E-state index contributed by atoms with van der Waals surface area (Å²) in [5.41, 5.74) is 0. The highest BCUT2D eigenvalue weighted by molar-refractivity contribution is 7.99. The first kappa shape index (κ1) is 13.9. The van der Waals surface area contributed by atoms with E-state index in [1.54, 1.807) is 30.9 Å². The third kappa shape index (κ3) is 4.28. The molecule has 0 saturated carbocycles. The average Bonchev–Trinajstić information content (AvgIpc) is 2.27. The minimum Gasteiger partial charge on any atom is -0.464 e. The highest BCUT2D eigenvalue weighted by Crippen LogP contribution is 2.20. The largest absolute Gasteiger partial charge is 0.464 e. The summed E-state index contributed by atoms with van der Waals surface area (Å²) in [6.07, 6.45) is -0.920. The number of amides is 1. The Labute approximate surface area is 106 Å². The molecule has 0 aliphatic rings. The van der Waals surface area contributed by atoms with E-state index in [9.17, 15) is 4.79 Å². The molecule has 0 saturated heterocycles. The zero-order chi connectivity index (χ0) is 12.8. The van der Waals surface area contributed by atoms with Crippen molar-refractivity contribution in [3.8, 4) is 0 Å². The molecular formula is C12H18N2O2S. The summed E-state index contributed by atoms with van der Waals surface area (Å²) in [6.45, 7) is 1.91. The number of hydrazine groups is 1. The molecule has 1 N–H and O–H groups in total. The number of nitrogens with zero attached hydrogens (tertiary/aromatic N) is 2. The van der Waals surface area contributed by atoms with Crippen LogP contribution in [0, 0.1) is 0 Å². The first-order valence-electron chi connectivity index (χ1n) is 5.39. The van der Waals surface area contributed by atoms with Crippen LogP contribution in [0.25, 0.3) is 0 Å². The fourth-order valence-electron chi connectivity index (χ4n) is 1.56. The standard InChI is InChI=1S/C12H18N2O2S/c1-10(14(12(15)16)13(2)3)9-17-11-7-5-4-6-8-11/h4-8,10H,9H2,1-3H3,(H,15,16). The van der Waals surface area contributed by atoms with Gasteiger partial charge in [-0.3, -0.25) is 0 Å². The van der Waals surface area contributed by atoms with E-state index in [1.807, 2.05) is 37.3 Å². The average molecular weight is 254 g/mol. The van der Waals surface area contributed by atoms with Crippen molar-refractivity contribution in [2.75, 3.05) is 19.8 Å². The Morgan fingerprint density at radius 3 is 2.41 bits per heavy atom. The van der Waals surface area contributed by atoms with E-state index >= 15 is 0 Å². The molecule has 0 fully saturated rings. The Balaban J connectivity index is 2.53. The van der Waals surface area contributed by atoms with Crippen molar-refractivity contribution in [3.63, 3.8) is 0 Å². The molecule has 1 atom stereocenters. The van der Waals surface area contributed by atoms with Crippen molar-refractivity contribution in [2.45, 2.75) is 17.9 Å². The molecule has 0 heterocycles. The van der Waals surface area contributed by atoms with Gasteiger partial charge in [-0.25, -0.2) is 14.8 Å². The number of carbonyl (C=O) groups is 1. The smallest absolute Gasteiger partial charge is 0.422 e. The Morgan fingerprint density at radius 1 is 1.35 bits per heavy atom. The van der Waals surface area contributed by atoms with E-state index in [0.717, 1.165) is 10.6 Å². The number of benzene rings is 1. The van der Waals surface area contributed by atoms with Crippen molar-refractivity contribution in [3.05, 3.63) is 30.3 Å². The number of thioether (sulfide) groups is 1. The van der Waals surface area contributed by atoms with Gasteiger partial charge in [0, 0.05) is 24.7 Å². The summed E-state index contributed by atoms with van der Waals surface area (Å²) in [5, 5.41) is 12.0. The Bertz CT molecular complexity index is 357. The second kappa shape index (κ2) is 6.51. The first-order chi connectivity index (χ1) is 8.02. The maximum Gasteiger partial charge on any atom is 0.422 e. The molecule has 0 aromatic heterocycles. The van der Waals surface area contributed by atoms with Crippen LogP contribution in [0.2, 0.25) is 0 Å². The molecule has 0 spiro atoms. The molecule has 17 heavy (non-hydrogen) atoms. The predicted octanol–water partition coefficient (Wildman–Crippen LogP) is 2.62. The molecule has 0 aliphatic heterocycles. The number of hydrogen-bond acceptors (Lipinski definition) is 3. The van der Waals surface area contributed by atoms with E-state index in [4.69, 9.17) is 5.11 Å². The lowest BCUT2D eigenvalue weighted by molar-refractivity contribution is 0.00999. The van der Waals surface area contributed by atoms with Crippen molar-refractivity contribution in [2.24, 2.45) is 0 Å². The Morgan fingerprint density at radius 2 is 1.94 bits per heavy atom. The molecule has 1 amide bonds. The fourth-order valence-corrected chi connectivity index (χ4v) is 2.48. The van der Waals surface area contributed by atoms with Gasteiger partial charge in [-0.15, -0.1) is 11.8 Å². The van der Waals surface area contributed by atoms with Crippen molar-refractivity contribution in [1.29, 1.82) is 0 Å². The van der Waals surface area contributed by atoms with Crippen LogP contribution >= 0.6 is 11.8 Å². The van der Waals surface area contributed by atoms with Crippen LogP contribution in [0.1, 0.15) is 6.92 Å². The van der Waals surface area contributed by atoms with E-state index in [1.165, 1.54) is 5.01 Å². The van der Waals surface area contributed by atoms with E-state index in [0.29, 0.717) is 0 Å². The van der Waals surface area contributed by atoms with E-state index in [-0.39, 0.29) is 6.04 Å². The van der Waals surface area contributed by atoms with Gasteiger partial charge in [0.05, 0.1) is 6.04 Å². The van der Waals surface area contributed by atoms with Gasteiger partial charge in [-0.05, 0) is 19.1 Å². The molecule has 1 aromatic carbocycles. The number of hydrogen-bond donors (Lipinski definition) is 1. The molecule has 1 unspecified atom stereocenters. The van der Waals surface area contributed by atoms with E-state index in [2.05, 4.69) is 0 Å². The van der Waals surface area contributed by atoms with Gasteiger partial charge in [0.2, 0.25) is 0 Å². The lowest BCUT2D eigenvalue weighted by atomic mass is 10.4. The second-order valence-electron chi connectivity index (χ2n) is 3.95. The minimum atomic E-state index is -0.920. The predicted molar refractivity (Wildman–Crippen MR) is 70.2 cm³/mol. The topological polar surface area (TPSA) is 43.8 Å². The van der Waals surface area contributed by atoms with Gasteiger partial charge in [0.1, 0.15) is 0 Å². The van der Waals surface area contributed by atoms with Gasteiger partial charge in [-0.1, -0.05) is 18.2 Å². The van der Waals surface area contributed by atoms with Crippen LogP contribution in [0.4, 0.5) is 4.79 Å². The highest BCUT2D eigenvalue weighted by Gasteiger charge is 2.21. The van der Waals surface area contributed by atoms with Crippen molar-refractivity contribution >= 4 is 17.9 Å². The van der Waals surface area contributed by atoms with Crippen LogP contribution < -0.4 is 0 Å². The van der Waals surface area contributed by atoms with Crippen molar-refractivity contribution < 1.29 is 9.90 Å². The van der Waals surface area contributed by atoms with Crippen LogP contribution in [-0.4, -0.2) is 47.1 Å². The zero-order valence-corrected chi connectivity index (χ0v) is 11.1. The highest BCUT2D eigenvalue weighted by atomic mass is 32.2. The van der Waals surface area contributed by atoms with E-state index < -0.39 is 6.09 Å². The van der Waals surface area contributed by atoms with Gasteiger partial charge in [0.15, 0.2) is 0 Å². The molecular weight excluding hydrogens is 236 g/mol.